The predicted molar refractivity (Wildman–Crippen MR) is 76.6 cm³/mol. The molecule has 0 bridgehead atoms. The third-order valence-corrected chi connectivity index (χ3v) is 5.37. The first-order valence-corrected chi connectivity index (χ1v) is 8.21. The van der Waals surface area contributed by atoms with Crippen LogP contribution in [0.25, 0.3) is 0 Å². The van der Waals surface area contributed by atoms with Gasteiger partial charge in [-0.15, -0.1) is 0 Å². The largest absolute Gasteiger partial charge is 0.329 e. The molecular weight excluding hydrogens is 230 g/mol. The Labute approximate surface area is 110 Å². The highest BCUT2D eigenvalue weighted by Gasteiger charge is 2.38. The molecule has 0 aromatic carbocycles. The Hall–Kier alpha value is 0.230. The molecule has 0 aromatic heterocycles. The van der Waals surface area contributed by atoms with Gasteiger partial charge in [-0.3, -0.25) is 4.90 Å². The normalized spacial score (nSPS) is 27.2. The van der Waals surface area contributed by atoms with Gasteiger partial charge in [0, 0.05) is 38.3 Å². The van der Waals surface area contributed by atoms with Gasteiger partial charge in [0.2, 0.25) is 0 Å². The molecule has 0 saturated carbocycles. The van der Waals surface area contributed by atoms with Gasteiger partial charge in [0.25, 0.3) is 0 Å². The van der Waals surface area contributed by atoms with Gasteiger partial charge in [-0.05, 0) is 37.3 Å². The number of nitrogens with zero attached hydrogens (tertiary/aromatic N) is 2. The molecule has 4 heteroatoms. The summed E-state index contributed by atoms with van der Waals surface area (Å²) in [7, 11) is 0. The first-order chi connectivity index (χ1) is 8.30. The maximum atomic E-state index is 6.10. The molecule has 0 amide bonds. The lowest BCUT2D eigenvalue weighted by atomic mass is 9.89. The standard InChI is InChI=1S/C13H27N3S/c1-2-5-15-6-8-16(9-7-15)13(12-14)3-10-17-11-4-13/h2-12,14H2,1H3. The lowest BCUT2D eigenvalue weighted by Gasteiger charge is -2.49. The average molecular weight is 257 g/mol. The van der Waals surface area contributed by atoms with E-state index in [0.717, 1.165) is 6.54 Å². The van der Waals surface area contributed by atoms with Crippen LogP contribution in [0.3, 0.4) is 0 Å². The van der Waals surface area contributed by atoms with Crippen LogP contribution < -0.4 is 5.73 Å². The maximum absolute atomic E-state index is 6.10. The minimum atomic E-state index is 0.337. The van der Waals surface area contributed by atoms with E-state index in [1.54, 1.807) is 0 Å². The van der Waals surface area contributed by atoms with Crippen molar-refractivity contribution >= 4 is 11.8 Å². The molecule has 0 aromatic rings. The van der Waals surface area contributed by atoms with E-state index in [4.69, 9.17) is 5.73 Å². The van der Waals surface area contributed by atoms with Crippen LogP contribution in [0.4, 0.5) is 0 Å². The number of piperazine rings is 1. The minimum absolute atomic E-state index is 0.337. The third kappa shape index (κ3) is 3.16. The molecule has 0 unspecified atom stereocenters. The fraction of sp³-hybridized carbons (Fsp3) is 1.00. The van der Waals surface area contributed by atoms with E-state index in [-0.39, 0.29) is 0 Å². The van der Waals surface area contributed by atoms with Crippen molar-refractivity contribution in [1.29, 1.82) is 0 Å². The zero-order valence-electron chi connectivity index (χ0n) is 11.2. The molecule has 0 aliphatic carbocycles. The number of nitrogens with two attached hydrogens (primary N) is 1. The first kappa shape index (κ1) is 13.7. The zero-order valence-corrected chi connectivity index (χ0v) is 12.0. The van der Waals surface area contributed by atoms with Crippen LogP contribution in [0.15, 0.2) is 0 Å². The van der Waals surface area contributed by atoms with E-state index in [9.17, 15) is 0 Å². The van der Waals surface area contributed by atoms with Crippen molar-refractivity contribution < 1.29 is 0 Å². The van der Waals surface area contributed by atoms with Gasteiger partial charge < -0.3 is 10.6 Å². The van der Waals surface area contributed by atoms with Gasteiger partial charge >= 0.3 is 0 Å². The smallest absolute Gasteiger partial charge is 0.0348 e. The molecule has 2 saturated heterocycles. The van der Waals surface area contributed by atoms with E-state index in [2.05, 4.69) is 28.5 Å². The molecule has 17 heavy (non-hydrogen) atoms. The quantitative estimate of drug-likeness (QED) is 0.821. The summed E-state index contributed by atoms with van der Waals surface area (Å²) in [6, 6.07) is 0. The Bertz CT molecular complexity index is 221. The van der Waals surface area contributed by atoms with Crippen molar-refractivity contribution in [2.75, 3.05) is 50.8 Å². The number of hydrogen-bond donors (Lipinski definition) is 1. The van der Waals surface area contributed by atoms with Gasteiger partial charge in [0.05, 0.1) is 0 Å². The van der Waals surface area contributed by atoms with E-state index in [1.807, 2.05) is 0 Å². The van der Waals surface area contributed by atoms with Crippen LogP contribution in [0.5, 0.6) is 0 Å². The Morgan fingerprint density at radius 3 is 2.29 bits per heavy atom. The molecule has 2 heterocycles. The first-order valence-electron chi connectivity index (χ1n) is 7.06. The molecule has 2 rings (SSSR count). The van der Waals surface area contributed by atoms with Crippen LogP contribution in [0, 0.1) is 0 Å². The monoisotopic (exact) mass is 257 g/mol. The SMILES string of the molecule is CCCN1CCN(C2(CN)CCSCC2)CC1. The molecule has 2 aliphatic heterocycles. The van der Waals surface area contributed by atoms with Gasteiger partial charge in [0.1, 0.15) is 0 Å². The highest BCUT2D eigenvalue weighted by atomic mass is 32.2. The van der Waals surface area contributed by atoms with Crippen molar-refractivity contribution in [3.8, 4) is 0 Å². The van der Waals surface area contributed by atoms with Crippen molar-refractivity contribution in [2.24, 2.45) is 5.73 Å². The van der Waals surface area contributed by atoms with Crippen LogP contribution in [-0.4, -0.2) is 66.1 Å². The summed E-state index contributed by atoms with van der Waals surface area (Å²) in [5, 5.41) is 0. The summed E-state index contributed by atoms with van der Waals surface area (Å²) in [6.45, 7) is 9.31. The highest BCUT2D eigenvalue weighted by Crippen LogP contribution is 2.32. The predicted octanol–water partition coefficient (Wildman–Crippen LogP) is 1.24. The summed E-state index contributed by atoms with van der Waals surface area (Å²) >= 11 is 2.09. The second-order valence-electron chi connectivity index (χ2n) is 5.37. The fourth-order valence-electron chi connectivity index (χ4n) is 3.16. The van der Waals surface area contributed by atoms with Crippen LogP contribution in [-0.2, 0) is 0 Å². The van der Waals surface area contributed by atoms with Gasteiger partial charge in [0.15, 0.2) is 0 Å². The Morgan fingerprint density at radius 1 is 1.12 bits per heavy atom. The summed E-state index contributed by atoms with van der Waals surface area (Å²) in [4.78, 5) is 5.29. The van der Waals surface area contributed by atoms with E-state index in [0.29, 0.717) is 5.54 Å². The highest BCUT2D eigenvalue weighted by molar-refractivity contribution is 7.99. The molecule has 3 nitrogen and oxygen atoms in total. The molecule has 2 N–H and O–H groups in total. The Morgan fingerprint density at radius 2 is 1.76 bits per heavy atom. The van der Waals surface area contributed by atoms with Gasteiger partial charge in [-0.2, -0.15) is 11.8 Å². The lowest BCUT2D eigenvalue weighted by Crippen LogP contribution is -2.61. The number of rotatable bonds is 4. The molecule has 2 fully saturated rings. The summed E-state index contributed by atoms with van der Waals surface area (Å²) in [5.74, 6) is 2.60. The lowest BCUT2D eigenvalue weighted by molar-refractivity contribution is 0.0307. The summed E-state index contributed by atoms with van der Waals surface area (Å²) in [5.41, 5.74) is 6.43. The topological polar surface area (TPSA) is 32.5 Å². The molecular formula is C13H27N3S. The fourth-order valence-corrected chi connectivity index (χ4v) is 4.42. The molecule has 0 spiro atoms. The van der Waals surface area contributed by atoms with Crippen molar-refractivity contribution in [2.45, 2.75) is 31.7 Å². The second kappa shape index (κ2) is 6.41. The van der Waals surface area contributed by atoms with Crippen molar-refractivity contribution in [3.63, 3.8) is 0 Å². The van der Waals surface area contributed by atoms with Crippen LogP contribution >= 0.6 is 11.8 Å². The van der Waals surface area contributed by atoms with E-state index < -0.39 is 0 Å². The van der Waals surface area contributed by atoms with E-state index >= 15 is 0 Å². The molecule has 0 radical (unpaired) electrons. The summed E-state index contributed by atoms with van der Waals surface area (Å²) < 4.78 is 0. The van der Waals surface area contributed by atoms with Gasteiger partial charge in [-0.1, -0.05) is 6.92 Å². The molecule has 2 aliphatic rings. The Kier molecular flexibility index (Phi) is 5.15. The number of thioether (sulfide) groups is 1. The van der Waals surface area contributed by atoms with Crippen molar-refractivity contribution in [3.05, 3.63) is 0 Å². The minimum Gasteiger partial charge on any atom is -0.329 e. The number of hydrogen-bond acceptors (Lipinski definition) is 4. The molecule has 100 valence electrons. The zero-order chi connectivity index (χ0) is 12.1. The van der Waals surface area contributed by atoms with Crippen LogP contribution in [0.2, 0.25) is 0 Å². The average Bonchev–Trinajstić information content (AvgIpc) is 2.41. The van der Waals surface area contributed by atoms with Gasteiger partial charge in [-0.25, -0.2) is 0 Å². The van der Waals surface area contributed by atoms with Crippen molar-refractivity contribution in [1.82, 2.24) is 9.80 Å². The summed E-state index contributed by atoms with van der Waals surface area (Å²) in [6.07, 6.45) is 3.86. The third-order valence-electron chi connectivity index (χ3n) is 4.39. The Balaban J connectivity index is 1.89. The second-order valence-corrected chi connectivity index (χ2v) is 6.59. The maximum Gasteiger partial charge on any atom is 0.0348 e. The van der Waals surface area contributed by atoms with Crippen LogP contribution in [0.1, 0.15) is 26.2 Å². The van der Waals surface area contributed by atoms with E-state index in [1.165, 1.54) is 63.5 Å². The molecule has 0 atom stereocenters.